The van der Waals surface area contributed by atoms with Crippen LogP contribution in [0, 0.1) is 0 Å². The van der Waals surface area contributed by atoms with Crippen molar-refractivity contribution in [2.45, 2.75) is 6.54 Å². The molecule has 1 N–H and O–H groups in total. The first-order chi connectivity index (χ1) is 6.54. The van der Waals surface area contributed by atoms with Gasteiger partial charge in [-0.05, 0) is 15.9 Å². The molecule has 0 fully saturated rings. The molecule has 1 heterocycles. The Morgan fingerprint density at radius 1 is 1.64 bits per heavy atom. The third kappa shape index (κ3) is 2.73. The summed E-state index contributed by atoms with van der Waals surface area (Å²) in [7, 11) is 0. The molecule has 76 valence electrons. The molecular formula is C7H5BrCl2N2O2. The first-order valence-electron chi connectivity index (χ1n) is 3.48. The zero-order chi connectivity index (χ0) is 10.7. The number of allylic oxidation sites excluding steroid dienone is 1. The number of rotatable bonds is 2. The maximum absolute atomic E-state index is 11.2. The van der Waals surface area contributed by atoms with Crippen molar-refractivity contribution in [2.24, 2.45) is 0 Å². The molecule has 0 aliphatic carbocycles. The molecule has 7 heteroatoms. The third-order valence-electron chi connectivity index (χ3n) is 1.41. The average Bonchev–Trinajstić information content (AvgIpc) is 2.14. The fourth-order valence-corrected chi connectivity index (χ4v) is 1.34. The summed E-state index contributed by atoms with van der Waals surface area (Å²) in [6, 6.07) is 0. The highest BCUT2D eigenvalue weighted by Gasteiger charge is 2.02. The van der Waals surface area contributed by atoms with Crippen LogP contribution in [-0.4, -0.2) is 9.55 Å². The van der Waals surface area contributed by atoms with Crippen molar-refractivity contribution in [3.8, 4) is 0 Å². The molecule has 1 aromatic heterocycles. The van der Waals surface area contributed by atoms with E-state index in [2.05, 4.69) is 20.9 Å². The van der Waals surface area contributed by atoms with Gasteiger partial charge in [0.1, 0.15) is 0 Å². The molecule has 0 spiro atoms. The summed E-state index contributed by atoms with van der Waals surface area (Å²) in [4.78, 5) is 24.3. The van der Waals surface area contributed by atoms with Crippen molar-refractivity contribution in [1.82, 2.24) is 9.55 Å². The predicted molar refractivity (Wildman–Crippen MR) is 58.8 cm³/mol. The minimum absolute atomic E-state index is 0.124. The van der Waals surface area contributed by atoms with Crippen LogP contribution in [-0.2, 0) is 6.54 Å². The van der Waals surface area contributed by atoms with Crippen molar-refractivity contribution >= 4 is 39.1 Å². The van der Waals surface area contributed by atoms with Crippen molar-refractivity contribution < 1.29 is 0 Å². The molecule has 4 nitrogen and oxygen atoms in total. The lowest BCUT2D eigenvalue weighted by Crippen LogP contribution is -2.29. The molecule has 0 amide bonds. The highest BCUT2D eigenvalue weighted by molar-refractivity contribution is 9.10. The van der Waals surface area contributed by atoms with Crippen molar-refractivity contribution in [3.63, 3.8) is 0 Å². The van der Waals surface area contributed by atoms with Gasteiger partial charge in [-0.3, -0.25) is 14.3 Å². The van der Waals surface area contributed by atoms with Crippen molar-refractivity contribution in [3.05, 3.63) is 42.1 Å². The quantitative estimate of drug-likeness (QED) is 0.902. The van der Waals surface area contributed by atoms with Crippen LogP contribution >= 0.6 is 39.1 Å². The smallest absolute Gasteiger partial charge is 0.294 e. The second kappa shape index (κ2) is 4.82. The van der Waals surface area contributed by atoms with E-state index in [1.54, 1.807) is 0 Å². The number of nitrogens with one attached hydrogen (secondary N) is 1. The molecule has 0 saturated carbocycles. The Morgan fingerprint density at radius 2 is 2.29 bits per heavy atom. The molecule has 1 aromatic rings. The number of hydrogen-bond donors (Lipinski definition) is 1. The number of H-pyrrole nitrogens is 1. The van der Waals surface area contributed by atoms with E-state index in [1.807, 2.05) is 0 Å². The van der Waals surface area contributed by atoms with Crippen LogP contribution in [0.5, 0.6) is 0 Å². The predicted octanol–water partition coefficient (Wildman–Crippen LogP) is 1.62. The summed E-state index contributed by atoms with van der Waals surface area (Å²) in [5.41, 5.74) is 0.152. The third-order valence-corrected chi connectivity index (χ3v) is 2.58. The Kier molecular flexibility index (Phi) is 3.97. The standard InChI is InChI=1S/C7H5BrCl2N2O2/c8-5-3-12(2-4(10)1-9)7(14)11-6(5)13/h1,3H,2H2,(H,11,13,14). The molecule has 0 aromatic carbocycles. The number of aromatic nitrogens is 2. The molecule has 1 rings (SSSR count). The monoisotopic (exact) mass is 298 g/mol. The van der Waals surface area contributed by atoms with E-state index in [1.165, 1.54) is 10.8 Å². The van der Waals surface area contributed by atoms with Gasteiger partial charge >= 0.3 is 5.69 Å². The summed E-state index contributed by atoms with van der Waals surface area (Å²) in [6.45, 7) is 0.124. The second-order valence-electron chi connectivity index (χ2n) is 2.42. The Balaban J connectivity index is 3.17. The molecular weight excluding hydrogens is 295 g/mol. The van der Waals surface area contributed by atoms with Gasteiger partial charge in [0, 0.05) is 16.8 Å². The summed E-state index contributed by atoms with van der Waals surface area (Å²) < 4.78 is 1.49. The van der Waals surface area contributed by atoms with Crippen LogP contribution in [0.1, 0.15) is 0 Å². The maximum Gasteiger partial charge on any atom is 0.328 e. The summed E-state index contributed by atoms with van der Waals surface area (Å²) in [5, 5.41) is 0.299. The van der Waals surface area contributed by atoms with E-state index in [9.17, 15) is 9.59 Å². The van der Waals surface area contributed by atoms with Crippen LogP contribution in [0.15, 0.2) is 30.8 Å². The van der Waals surface area contributed by atoms with Gasteiger partial charge in [0.05, 0.1) is 11.0 Å². The lowest BCUT2D eigenvalue weighted by molar-refractivity contribution is 0.724. The van der Waals surface area contributed by atoms with Crippen molar-refractivity contribution in [1.29, 1.82) is 0 Å². The maximum atomic E-state index is 11.2. The normalized spacial score (nSPS) is 11.8. The Hall–Kier alpha value is -0.520. The topological polar surface area (TPSA) is 54.9 Å². The fourth-order valence-electron chi connectivity index (χ4n) is 0.797. The summed E-state index contributed by atoms with van der Waals surface area (Å²) >= 11 is 14.0. The van der Waals surface area contributed by atoms with Crippen LogP contribution in [0.4, 0.5) is 0 Å². The van der Waals surface area contributed by atoms with E-state index >= 15 is 0 Å². The number of halogens is 3. The van der Waals surface area contributed by atoms with Gasteiger partial charge in [0.15, 0.2) is 0 Å². The van der Waals surface area contributed by atoms with Crippen LogP contribution in [0.2, 0.25) is 0 Å². The van der Waals surface area contributed by atoms with E-state index in [0.717, 1.165) is 5.54 Å². The zero-order valence-corrected chi connectivity index (χ0v) is 9.86. The molecule has 0 aliphatic rings. The van der Waals surface area contributed by atoms with Gasteiger partial charge in [-0.15, -0.1) is 0 Å². The van der Waals surface area contributed by atoms with Crippen LogP contribution in [0.25, 0.3) is 0 Å². The SMILES string of the molecule is O=c1[nH]c(=O)n(CC(Cl)=CCl)cc1Br. The molecule has 0 radical (unpaired) electrons. The van der Waals surface area contributed by atoms with Crippen LogP contribution in [0.3, 0.4) is 0 Å². The average molecular weight is 300 g/mol. The highest BCUT2D eigenvalue weighted by Crippen LogP contribution is 2.06. The Morgan fingerprint density at radius 3 is 2.86 bits per heavy atom. The molecule has 0 unspecified atom stereocenters. The van der Waals surface area contributed by atoms with Gasteiger partial charge in [-0.25, -0.2) is 4.79 Å². The van der Waals surface area contributed by atoms with E-state index in [-0.39, 0.29) is 11.0 Å². The number of hydrogen-bond acceptors (Lipinski definition) is 2. The molecule has 0 aliphatic heterocycles. The lowest BCUT2D eigenvalue weighted by Gasteiger charge is -2.02. The van der Waals surface area contributed by atoms with Gasteiger partial charge in [0.25, 0.3) is 5.56 Å². The summed E-state index contributed by atoms with van der Waals surface area (Å²) in [5.74, 6) is 0. The second-order valence-corrected chi connectivity index (χ2v) is 3.98. The van der Waals surface area contributed by atoms with E-state index in [4.69, 9.17) is 23.2 Å². The zero-order valence-electron chi connectivity index (χ0n) is 6.76. The first-order valence-corrected chi connectivity index (χ1v) is 5.09. The molecule has 0 atom stereocenters. The van der Waals surface area contributed by atoms with Gasteiger partial charge < -0.3 is 0 Å². The fraction of sp³-hybridized carbons (Fsp3) is 0.143. The highest BCUT2D eigenvalue weighted by atomic mass is 79.9. The van der Waals surface area contributed by atoms with Gasteiger partial charge in [0.2, 0.25) is 0 Å². The lowest BCUT2D eigenvalue weighted by atomic mass is 10.5. The minimum Gasteiger partial charge on any atom is -0.294 e. The summed E-state index contributed by atoms with van der Waals surface area (Å²) in [6.07, 6.45) is 1.35. The van der Waals surface area contributed by atoms with Crippen LogP contribution < -0.4 is 11.2 Å². The Labute approximate surface area is 97.3 Å². The first kappa shape index (κ1) is 11.6. The van der Waals surface area contributed by atoms with Gasteiger partial charge in [-0.2, -0.15) is 0 Å². The van der Waals surface area contributed by atoms with Crippen molar-refractivity contribution in [2.75, 3.05) is 0 Å². The van der Waals surface area contributed by atoms with E-state index < -0.39 is 11.2 Å². The minimum atomic E-state index is -0.533. The largest absolute Gasteiger partial charge is 0.328 e. The Bertz CT molecular complexity index is 477. The number of nitrogens with zero attached hydrogens (tertiary/aromatic N) is 1. The number of aromatic amines is 1. The molecule has 14 heavy (non-hydrogen) atoms. The van der Waals surface area contributed by atoms with E-state index in [0.29, 0.717) is 5.03 Å². The van der Waals surface area contributed by atoms with Gasteiger partial charge in [-0.1, -0.05) is 23.2 Å². The molecule has 0 bridgehead atoms. The molecule has 0 saturated heterocycles.